The van der Waals surface area contributed by atoms with Gasteiger partial charge in [0.2, 0.25) is 0 Å². The third kappa shape index (κ3) is 3.74. The summed E-state index contributed by atoms with van der Waals surface area (Å²) in [5, 5.41) is 21.7. The van der Waals surface area contributed by atoms with Gasteiger partial charge >= 0.3 is 5.97 Å². The molecule has 108 valence electrons. The van der Waals surface area contributed by atoms with Crippen LogP contribution in [0.3, 0.4) is 0 Å². The topological polar surface area (TPSA) is 110 Å². The van der Waals surface area contributed by atoms with Gasteiger partial charge in [0.25, 0.3) is 11.6 Å². The van der Waals surface area contributed by atoms with Gasteiger partial charge < -0.3 is 10.4 Å². The van der Waals surface area contributed by atoms with E-state index in [0.717, 1.165) is 12.1 Å². The molecule has 0 saturated heterocycles. The Balaban J connectivity index is 3.03. The number of carboxylic acid groups (broad SMARTS) is 1. The minimum atomic E-state index is -1.24. The van der Waals surface area contributed by atoms with E-state index < -0.39 is 34.3 Å². The number of carbonyl (C=O) groups is 2. The number of aliphatic carboxylic acids is 1. The van der Waals surface area contributed by atoms with Gasteiger partial charge in [0.05, 0.1) is 11.0 Å². The second kappa shape index (κ2) is 6.09. The Morgan fingerprint density at radius 3 is 2.40 bits per heavy atom. The van der Waals surface area contributed by atoms with Gasteiger partial charge in [-0.05, 0) is 12.0 Å². The van der Waals surface area contributed by atoms with Gasteiger partial charge in [-0.25, -0.2) is 9.18 Å². The first-order valence-corrected chi connectivity index (χ1v) is 5.71. The predicted octanol–water partition coefficient (Wildman–Crippen LogP) is 1.57. The van der Waals surface area contributed by atoms with Crippen molar-refractivity contribution >= 4 is 17.6 Å². The summed E-state index contributed by atoms with van der Waals surface area (Å²) in [4.78, 5) is 32.5. The molecule has 1 aromatic rings. The fourth-order valence-corrected chi connectivity index (χ4v) is 1.55. The van der Waals surface area contributed by atoms with Crippen molar-refractivity contribution in [1.29, 1.82) is 0 Å². The second-order valence-corrected chi connectivity index (χ2v) is 4.49. The largest absolute Gasteiger partial charge is 0.480 e. The van der Waals surface area contributed by atoms with Crippen molar-refractivity contribution < 1.29 is 24.0 Å². The van der Waals surface area contributed by atoms with Crippen molar-refractivity contribution in [3.8, 4) is 0 Å². The molecule has 1 aromatic carbocycles. The lowest BCUT2D eigenvalue weighted by Gasteiger charge is -2.17. The molecule has 0 fully saturated rings. The zero-order valence-corrected chi connectivity index (χ0v) is 10.8. The Morgan fingerprint density at radius 1 is 1.35 bits per heavy atom. The zero-order chi connectivity index (χ0) is 15.4. The SMILES string of the molecule is CC(C)[C@@H](NC(=O)c1cc(F)cc([N+](=O)[O-])c1)C(=O)O. The monoisotopic (exact) mass is 284 g/mol. The lowest BCUT2D eigenvalue weighted by atomic mass is 10.0. The minimum Gasteiger partial charge on any atom is -0.480 e. The van der Waals surface area contributed by atoms with Crippen LogP contribution in [0.5, 0.6) is 0 Å². The number of nitro groups is 1. The molecule has 1 rings (SSSR count). The normalized spacial score (nSPS) is 12.0. The van der Waals surface area contributed by atoms with E-state index in [9.17, 15) is 24.1 Å². The third-order valence-electron chi connectivity index (χ3n) is 2.57. The van der Waals surface area contributed by atoms with E-state index in [0.29, 0.717) is 6.07 Å². The van der Waals surface area contributed by atoms with Crippen LogP contribution in [0.1, 0.15) is 24.2 Å². The maximum atomic E-state index is 13.2. The van der Waals surface area contributed by atoms with Crippen LogP contribution in [0.2, 0.25) is 0 Å². The highest BCUT2D eigenvalue weighted by Gasteiger charge is 2.25. The molecule has 0 bridgehead atoms. The molecule has 0 unspecified atom stereocenters. The van der Waals surface area contributed by atoms with Crippen LogP contribution in [0.25, 0.3) is 0 Å². The zero-order valence-electron chi connectivity index (χ0n) is 10.8. The molecule has 0 aliphatic carbocycles. The second-order valence-electron chi connectivity index (χ2n) is 4.49. The number of non-ortho nitro benzene ring substituents is 1. The van der Waals surface area contributed by atoms with Crippen LogP contribution >= 0.6 is 0 Å². The van der Waals surface area contributed by atoms with Crippen molar-refractivity contribution in [2.75, 3.05) is 0 Å². The number of amides is 1. The van der Waals surface area contributed by atoms with Crippen LogP contribution in [-0.2, 0) is 4.79 Å². The molecule has 0 aliphatic rings. The number of hydrogen-bond acceptors (Lipinski definition) is 4. The maximum absolute atomic E-state index is 13.2. The molecule has 7 nitrogen and oxygen atoms in total. The first-order valence-electron chi connectivity index (χ1n) is 5.71. The van der Waals surface area contributed by atoms with E-state index in [1.807, 2.05) is 0 Å². The average Bonchev–Trinajstić information content (AvgIpc) is 2.33. The summed E-state index contributed by atoms with van der Waals surface area (Å²) in [7, 11) is 0. The highest BCUT2D eigenvalue weighted by atomic mass is 19.1. The van der Waals surface area contributed by atoms with E-state index in [2.05, 4.69) is 5.32 Å². The summed E-state index contributed by atoms with van der Waals surface area (Å²) in [6.07, 6.45) is 0. The van der Waals surface area contributed by atoms with E-state index in [-0.39, 0.29) is 11.5 Å². The minimum absolute atomic E-state index is 0.302. The van der Waals surface area contributed by atoms with Gasteiger partial charge in [-0.2, -0.15) is 0 Å². The lowest BCUT2D eigenvalue weighted by molar-refractivity contribution is -0.385. The van der Waals surface area contributed by atoms with Crippen molar-refractivity contribution in [2.24, 2.45) is 5.92 Å². The Hall–Kier alpha value is -2.51. The van der Waals surface area contributed by atoms with Crippen molar-refractivity contribution in [1.82, 2.24) is 5.32 Å². The molecule has 0 saturated carbocycles. The highest BCUT2D eigenvalue weighted by Crippen LogP contribution is 2.16. The van der Waals surface area contributed by atoms with Gasteiger partial charge in [0.1, 0.15) is 11.9 Å². The summed E-state index contributed by atoms with van der Waals surface area (Å²) in [5.74, 6) is -3.45. The number of halogens is 1. The molecule has 0 spiro atoms. The fourth-order valence-electron chi connectivity index (χ4n) is 1.55. The summed E-state index contributed by atoms with van der Waals surface area (Å²) in [5.41, 5.74) is -0.879. The van der Waals surface area contributed by atoms with Crippen LogP contribution in [0.15, 0.2) is 18.2 Å². The molecule has 0 aliphatic heterocycles. The molecule has 1 amide bonds. The molecule has 1 atom stereocenters. The van der Waals surface area contributed by atoms with E-state index in [1.165, 1.54) is 0 Å². The number of carboxylic acids is 1. The Labute approximate surface area is 113 Å². The molecule has 0 aromatic heterocycles. The number of benzene rings is 1. The van der Waals surface area contributed by atoms with Gasteiger partial charge in [0.15, 0.2) is 0 Å². The smallest absolute Gasteiger partial charge is 0.326 e. The van der Waals surface area contributed by atoms with E-state index in [1.54, 1.807) is 13.8 Å². The quantitative estimate of drug-likeness (QED) is 0.630. The van der Waals surface area contributed by atoms with Gasteiger partial charge in [0, 0.05) is 11.6 Å². The standard InChI is InChI=1S/C12H13FN2O5/c1-6(2)10(12(17)18)14-11(16)7-3-8(13)5-9(4-7)15(19)20/h3-6,10H,1-2H3,(H,14,16)(H,17,18)/t10-/m1/s1. The summed E-state index contributed by atoms with van der Waals surface area (Å²) in [6, 6.07) is 1.21. The summed E-state index contributed by atoms with van der Waals surface area (Å²) >= 11 is 0. The molecular formula is C12H13FN2O5. The van der Waals surface area contributed by atoms with E-state index >= 15 is 0 Å². The highest BCUT2D eigenvalue weighted by molar-refractivity contribution is 5.97. The van der Waals surface area contributed by atoms with Gasteiger partial charge in [-0.15, -0.1) is 0 Å². The van der Waals surface area contributed by atoms with Crippen molar-refractivity contribution in [3.63, 3.8) is 0 Å². The first kappa shape index (κ1) is 15.5. The predicted molar refractivity (Wildman–Crippen MR) is 66.8 cm³/mol. The van der Waals surface area contributed by atoms with Gasteiger partial charge in [-0.1, -0.05) is 13.8 Å². The van der Waals surface area contributed by atoms with Crippen molar-refractivity contribution in [3.05, 3.63) is 39.7 Å². The average molecular weight is 284 g/mol. The Bertz CT molecular complexity index is 559. The summed E-state index contributed by atoms with van der Waals surface area (Å²) in [6.45, 7) is 3.18. The first-order chi connectivity index (χ1) is 9.22. The van der Waals surface area contributed by atoms with Crippen LogP contribution in [-0.4, -0.2) is 27.9 Å². The van der Waals surface area contributed by atoms with Crippen LogP contribution < -0.4 is 5.32 Å². The van der Waals surface area contributed by atoms with E-state index in [4.69, 9.17) is 5.11 Å². The summed E-state index contributed by atoms with van der Waals surface area (Å²) < 4.78 is 13.2. The van der Waals surface area contributed by atoms with Crippen LogP contribution in [0, 0.1) is 21.8 Å². The molecule has 8 heteroatoms. The Kier molecular flexibility index (Phi) is 4.73. The number of nitrogens with zero attached hydrogens (tertiary/aromatic N) is 1. The number of nitro benzene ring substituents is 1. The molecular weight excluding hydrogens is 271 g/mol. The third-order valence-corrected chi connectivity index (χ3v) is 2.57. The molecule has 20 heavy (non-hydrogen) atoms. The van der Waals surface area contributed by atoms with Crippen LogP contribution in [0.4, 0.5) is 10.1 Å². The Morgan fingerprint density at radius 2 is 1.95 bits per heavy atom. The van der Waals surface area contributed by atoms with Crippen molar-refractivity contribution in [2.45, 2.75) is 19.9 Å². The molecule has 0 heterocycles. The molecule has 0 radical (unpaired) electrons. The number of nitrogens with one attached hydrogen (secondary N) is 1. The number of hydrogen-bond donors (Lipinski definition) is 2. The molecule has 2 N–H and O–H groups in total. The number of carbonyl (C=O) groups excluding carboxylic acids is 1. The fraction of sp³-hybridized carbons (Fsp3) is 0.333. The lowest BCUT2D eigenvalue weighted by Crippen LogP contribution is -2.44. The number of rotatable bonds is 5. The van der Waals surface area contributed by atoms with Gasteiger partial charge in [-0.3, -0.25) is 14.9 Å². The maximum Gasteiger partial charge on any atom is 0.326 e.